The first kappa shape index (κ1) is 14.7. The predicted octanol–water partition coefficient (Wildman–Crippen LogP) is -0.199. The summed E-state index contributed by atoms with van der Waals surface area (Å²) in [6.07, 6.45) is -6.30. The molecule has 0 amide bonds. The number of nitro groups is 1. The first-order valence-electron chi connectivity index (χ1n) is 6.01. The lowest BCUT2D eigenvalue weighted by Gasteiger charge is -2.38. The lowest BCUT2D eigenvalue weighted by Crippen LogP contribution is -2.58. The number of hydrogen-bond acceptors (Lipinski definition) is 7. The Kier molecular flexibility index (Phi) is 4.19. The van der Waals surface area contributed by atoms with Crippen LogP contribution in [-0.2, 0) is 4.74 Å². The number of nitro benzene ring substituents is 1. The van der Waals surface area contributed by atoms with Gasteiger partial charge in [0, 0.05) is 6.07 Å². The molecular weight excluding hydrogens is 270 g/mol. The van der Waals surface area contributed by atoms with Crippen molar-refractivity contribution in [3.8, 4) is 5.75 Å². The Balaban J connectivity index is 2.20. The molecule has 110 valence electrons. The van der Waals surface area contributed by atoms with Gasteiger partial charge in [-0.1, -0.05) is 12.1 Å². The van der Waals surface area contributed by atoms with Gasteiger partial charge in [0.15, 0.2) is 5.75 Å². The van der Waals surface area contributed by atoms with Crippen molar-refractivity contribution in [1.82, 2.24) is 0 Å². The minimum atomic E-state index is -1.51. The maximum Gasteiger partial charge on any atom is 0.311 e. The summed E-state index contributed by atoms with van der Waals surface area (Å²) in [5.74, 6) is -0.0858. The molecule has 1 fully saturated rings. The zero-order valence-electron chi connectivity index (χ0n) is 10.6. The zero-order chi connectivity index (χ0) is 14.9. The average molecular weight is 285 g/mol. The molecular formula is C12H15NO7. The van der Waals surface area contributed by atoms with Crippen molar-refractivity contribution in [3.63, 3.8) is 0 Å². The smallest absolute Gasteiger partial charge is 0.311 e. The average Bonchev–Trinajstić information content (AvgIpc) is 2.43. The molecule has 0 aromatic heterocycles. The van der Waals surface area contributed by atoms with Crippen LogP contribution in [0.2, 0.25) is 0 Å². The Morgan fingerprint density at radius 3 is 2.50 bits per heavy atom. The van der Waals surface area contributed by atoms with Gasteiger partial charge in [0.2, 0.25) is 6.29 Å². The van der Waals surface area contributed by atoms with Crippen molar-refractivity contribution in [2.45, 2.75) is 37.6 Å². The second kappa shape index (κ2) is 5.71. The fraction of sp³-hybridized carbons (Fsp3) is 0.500. The molecule has 0 spiro atoms. The second-order valence-corrected chi connectivity index (χ2v) is 4.52. The molecule has 0 radical (unpaired) electrons. The summed E-state index contributed by atoms with van der Waals surface area (Å²) in [6.45, 7) is 1.50. The highest BCUT2D eigenvalue weighted by molar-refractivity contribution is 5.45. The highest BCUT2D eigenvalue weighted by atomic mass is 16.7. The van der Waals surface area contributed by atoms with Crippen LogP contribution in [0.25, 0.3) is 0 Å². The molecule has 8 heteroatoms. The molecule has 1 unspecified atom stereocenters. The Bertz CT molecular complexity index is 494. The van der Waals surface area contributed by atoms with E-state index in [9.17, 15) is 25.4 Å². The van der Waals surface area contributed by atoms with E-state index in [4.69, 9.17) is 9.47 Å². The summed E-state index contributed by atoms with van der Waals surface area (Å²) >= 11 is 0. The van der Waals surface area contributed by atoms with E-state index in [2.05, 4.69) is 0 Å². The third-order valence-electron chi connectivity index (χ3n) is 3.11. The van der Waals surface area contributed by atoms with Gasteiger partial charge in [-0.05, 0) is 13.0 Å². The van der Waals surface area contributed by atoms with Gasteiger partial charge >= 0.3 is 5.69 Å². The first-order chi connectivity index (χ1) is 9.41. The summed E-state index contributed by atoms with van der Waals surface area (Å²) in [6, 6.07) is 5.62. The van der Waals surface area contributed by atoms with Gasteiger partial charge in [-0.2, -0.15) is 0 Å². The van der Waals surface area contributed by atoms with Crippen molar-refractivity contribution in [1.29, 1.82) is 0 Å². The molecule has 0 bridgehead atoms. The van der Waals surface area contributed by atoms with Crippen LogP contribution in [0.15, 0.2) is 24.3 Å². The van der Waals surface area contributed by atoms with Crippen LogP contribution in [0.1, 0.15) is 6.92 Å². The van der Waals surface area contributed by atoms with Gasteiger partial charge < -0.3 is 24.8 Å². The molecule has 2 rings (SSSR count). The normalized spacial score (nSPS) is 33.7. The minimum absolute atomic E-state index is 0.0858. The minimum Gasteiger partial charge on any atom is -0.455 e. The fourth-order valence-electron chi connectivity index (χ4n) is 1.94. The van der Waals surface area contributed by atoms with E-state index in [0.29, 0.717) is 0 Å². The second-order valence-electron chi connectivity index (χ2n) is 4.52. The standard InChI is InChI=1S/C12H15NO7/c1-6-9(14)10(15)11(16)12(19-6)20-8-5-3-2-4-7(8)13(17)18/h2-6,9-12,14-16H,1H3/t6-,9+,10+,11-,12?/m1/s1. The van der Waals surface area contributed by atoms with Crippen LogP contribution in [0, 0.1) is 10.1 Å². The van der Waals surface area contributed by atoms with Crippen molar-refractivity contribution >= 4 is 5.69 Å². The Morgan fingerprint density at radius 1 is 1.20 bits per heavy atom. The van der Waals surface area contributed by atoms with Crippen molar-refractivity contribution in [2.24, 2.45) is 0 Å². The first-order valence-corrected chi connectivity index (χ1v) is 6.01. The summed E-state index contributed by atoms with van der Waals surface area (Å²) in [5, 5.41) is 39.8. The summed E-state index contributed by atoms with van der Waals surface area (Å²) in [4.78, 5) is 10.2. The SMILES string of the molecule is C[C@H]1OC(Oc2ccccc2[N+](=O)[O-])[C@H](O)[C@@H](O)[C@H]1O. The van der Waals surface area contributed by atoms with Gasteiger partial charge in [-0.3, -0.25) is 10.1 Å². The number of rotatable bonds is 3. The molecule has 1 aromatic rings. The Morgan fingerprint density at radius 2 is 1.85 bits per heavy atom. The Hall–Kier alpha value is -1.74. The molecule has 1 aromatic carbocycles. The highest BCUT2D eigenvalue weighted by Gasteiger charge is 2.43. The Labute approximate surface area is 114 Å². The number of para-hydroxylation sites is 2. The lowest BCUT2D eigenvalue weighted by molar-refractivity contribution is -0.387. The van der Waals surface area contributed by atoms with E-state index < -0.39 is 35.6 Å². The van der Waals surface area contributed by atoms with E-state index in [1.165, 1.54) is 31.2 Å². The van der Waals surface area contributed by atoms with Crippen LogP contribution in [-0.4, -0.2) is 50.9 Å². The molecule has 1 heterocycles. The van der Waals surface area contributed by atoms with Gasteiger partial charge in [-0.25, -0.2) is 0 Å². The van der Waals surface area contributed by atoms with E-state index in [1.807, 2.05) is 0 Å². The van der Waals surface area contributed by atoms with Gasteiger partial charge in [-0.15, -0.1) is 0 Å². The third-order valence-corrected chi connectivity index (χ3v) is 3.11. The molecule has 0 saturated carbocycles. The predicted molar refractivity (Wildman–Crippen MR) is 66.1 cm³/mol. The van der Waals surface area contributed by atoms with Crippen LogP contribution < -0.4 is 4.74 Å². The van der Waals surface area contributed by atoms with Crippen molar-refractivity contribution in [3.05, 3.63) is 34.4 Å². The van der Waals surface area contributed by atoms with E-state index in [-0.39, 0.29) is 11.4 Å². The number of nitrogens with zero attached hydrogens (tertiary/aromatic N) is 1. The highest BCUT2D eigenvalue weighted by Crippen LogP contribution is 2.30. The van der Waals surface area contributed by atoms with Crippen molar-refractivity contribution in [2.75, 3.05) is 0 Å². The van der Waals surface area contributed by atoms with Crippen LogP contribution in [0.5, 0.6) is 5.75 Å². The molecule has 20 heavy (non-hydrogen) atoms. The summed E-state index contributed by atoms with van der Waals surface area (Å²) in [7, 11) is 0. The lowest BCUT2D eigenvalue weighted by atomic mass is 10.00. The van der Waals surface area contributed by atoms with Crippen molar-refractivity contribution < 1.29 is 29.7 Å². The fourth-order valence-corrected chi connectivity index (χ4v) is 1.94. The van der Waals surface area contributed by atoms with Gasteiger partial charge in [0.25, 0.3) is 0 Å². The monoisotopic (exact) mass is 285 g/mol. The summed E-state index contributed by atoms with van der Waals surface area (Å²) in [5.41, 5.74) is -0.281. The molecule has 1 aliphatic rings. The van der Waals surface area contributed by atoms with Crippen LogP contribution in [0.4, 0.5) is 5.69 Å². The molecule has 8 nitrogen and oxygen atoms in total. The maximum atomic E-state index is 10.9. The quantitative estimate of drug-likeness (QED) is 0.519. The molecule has 1 aliphatic heterocycles. The van der Waals surface area contributed by atoms with E-state index in [0.717, 1.165) is 0 Å². The molecule has 5 atom stereocenters. The largest absolute Gasteiger partial charge is 0.455 e. The molecule has 0 aliphatic carbocycles. The zero-order valence-corrected chi connectivity index (χ0v) is 10.6. The van der Waals surface area contributed by atoms with E-state index in [1.54, 1.807) is 0 Å². The topological polar surface area (TPSA) is 122 Å². The molecule has 1 saturated heterocycles. The van der Waals surface area contributed by atoms with Crippen LogP contribution in [0.3, 0.4) is 0 Å². The molecule has 3 N–H and O–H groups in total. The number of hydrogen-bond donors (Lipinski definition) is 3. The number of aliphatic hydroxyl groups excluding tert-OH is 3. The maximum absolute atomic E-state index is 10.9. The van der Waals surface area contributed by atoms with Gasteiger partial charge in [0.05, 0.1) is 11.0 Å². The van der Waals surface area contributed by atoms with Crippen LogP contribution >= 0.6 is 0 Å². The number of aliphatic hydroxyl groups is 3. The van der Waals surface area contributed by atoms with Gasteiger partial charge in [0.1, 0.15) is 18.3 Å². The van der Waals surface area contributed by atoms with E-state index >= 15 is 0 Å². The summed E-state index contributed by atoms with van der Waals surface area (Å²) < 4.78 is 10.5. The third kappa shape index (κ3) is 2.73. The number of ether oxygens (including phenoxy) is 2. The number of benzene rings is 1.